The number of benzene rings is 1. The third-order valence-corrected chi connectivity index (χ3v) is 5.11. The van der Waals surface area contributed by atoms with Gasteiger partial charge in [-0.05, 0) is 30.7 Å². The highest BCUT2D eigenvalue weighted by Gasteiger charge is 2.28. The minimum atomic E-state index is -0.00201. The van der Waals surface area contributed by atoms with Gasteiger partial charge < -0.3 is 28.7 Å². The van der Waals surface area contributed by atoms with Gasteiger partial charge in [0, 0.05) is 25.4 Å². The standard InChI is InChI=1S/C21H25N3O5/c1-23-19-12-22-20(26-2)11-18(19)24(13-21(23)25)15-3-5-16(6-4-15)28-9-10-29-17-7-8-27-14-17/h3-6,11-12,17H,7-10,13-14H2,1-2H3. The molecule has 1 fully saturated rings. The number of likely N-dealkylation sites (N-methyl/N-ethyl adjacent to an activating group) is 1. The maximum absolute atomic E-state index is 12.4. The molecule has 2 aliphatic rings. The molecule has 1 aromatic heterocycles. The van der Waals surface area contributed by atoms with Crippen molar-refractivity contribution in [3.05, 3.63) is 36.5 Å². The second kappa shape index (κ2) is 8.67. The Morgan fingerprint density at radius 2 is 2.03 bits per heavy atom. The van der Waals surface area contributed by atoms with Crippen molar-refractivity contribution in [2.24, 2.45) is 0 Å². The lowest BCUT2D eigenvalue weighted by molar-refractivity contribution is -0.117. The molecule has 0 radical (unpaired) electrons. The first-order valence-electron chi connectivity index (χ1n) is 9.66. The number of carbonyl (C=O) groups excluding carboxylic acids is 1. The Kier molecular flexibility index (Phi) is 5.82. The van der Waals surface area contributed by atoms with Gasteiger partial charge in [-0.15, -0.1) is 0 Å². The molecule has 1 atom stereocenters. The Hall–Kier alpha value is -2.84. The predicted molar refractivity (Wildman–Crippen MR) is 108 cm³/mol. The number of aromatic nitrogens is 1. The summed E-state index contributed by atoms with van der Waals surface area (Å²) < 4.78 is 22.0. The minimum Gasteiger partial charge on any atom is -0.491 e. The summed E-state index contributed by atoms with van der Waals surface area (Å²) >= 11 is 0. The number of anilines is 3. The van der Waals surface area contributed by atoms with Crippen LogP contribution < -0.4 is 19.3 Å². The summed E-state index contributed by atoms with van der Waals surface area (Å²) in [6, 6.07) is 9.52. The van der Waals surface area contributed by atoms with Crippen LogP contribution in [-0.2, 0) is 14.3 Å². The molecule has 1 aromatic carbocycles. The van der Waals surface area contributed by atoms with Crippen LogP contribution in [-0.4, -0.2) is 64.1 Å². The van der Waals surface area contributed by atoms with Crippen LogP contribution in [0.1, 0.15) is 6.42 Å². The SMILES string of the molecule is COc1cc2c(cn1)N(C)C(=O)CN2c1ccc(OCCOC2CCOC2)cc1. The van der Waals surface area contributed by atoms with E-state index in [4.69, 9.17) is 18.9 Å². The lowest BCUT2D eigenvalue weighted by Crippen LogP contribution is -2.41. The summed E-state index contributed by atoms with van der Waals surface area (Å²) in [6.45, 7) is 2.69. The highest BCUT2D eigenvalue weighted by molar-refractivity contribution is 6.04. The average Bonchev–Trinajstić information content (AvgIpc) is 3.27. The molecule has 2 aliphatic heterocycles. The van der Waals surface area contributed by atoms with Gasteiger partial charge in [0.1, 0.15) is 18.9 Å². The van der Waals surface area contributed by atoms with E-state index in [0.29, 0.717) is 25.7 Å². The van der Waals surface area contributed by atoms with E-state index in [1.165, 1.54) is 0 Å². The Morgan fingerprint density at radius 1 is 1.21 bits per heavy atom. The maximum atomic E-state index is 12.4. The molecule has 0 bridgehead atoms. The number of amides is 1. The summed E-state index contributed by atoms with van der Waals surface area (Å²) in [4.78, 5) is 20.2. The van der Waals surface area contributed by atoms with E-state index in [9.17, 15) is 4.79 Å². The molecule has 29 heavy (non-hydrogen) atoms. The number of methoxy groups -OCH3 is 1. The van der Waals surface area contributed by atoms with Crippen LogP contribution in [0.3, 0.4) is 0 Å². The van der Waals surface area contributed by atoms with Gasteiger partial charge >= 0.3 is 0 Å². The summed E-state index contributed by atoms with van der Waals surface area (Å²) in [5.41, 5.74) is 2.52. The van der Waals surface area contributed by atoms with Crippen LogP contribution in [0.2, 0.25) is 0 Å². The number of pyridine rings is 1. The van der Waals surface area contributed by atoms with Crippen LogP contribution in [0.15, 0.2) is 36.5 Å². The molecule has 1 saturated heterocycles. The molecule has 8 heteroatoms. The zero-order valence-electron chi connectivity index (χ0n) is 16.7. The van der Waals surface area contributed by atoms with E-state index < -0.39 is 0 Å². The normalized spacial score (nSPS) is 18.7. The molecular weight excluding hydrogens is 374 g/mol. The second-order valence-electron chi connectivity index (χ2n) is 6.95. The largest absolute Gasteiger partial charge is 0.491 e. The fourth-order valence-electron chi connectivity index (χ4n) is 3.44. The van der Waals surface area contributed by atoms with E-state index in [2.05, 4.69) is 4.98 Å². The smallest absolute Gasteiger partial charge is 0.246 e. The molecule has 0 aliphatic carbocycles. The topological polar surface area (TPSA) is 73.4 Å². The zero-order chi connectivity index (χ0) is 20.2. The predicted octanol–water partition coefficient (Wildman–Crippen LogP) is 2.39. The number of rotatable bonds is 7. The van der Waals surface area contributed by atoms with E-state index in [1.807, 2.05) is 35.2 Å². The third kappa shape index (κ3) is 4.28. The van der Waals surface area contributed by atoms with Gasteiger partial charge in [-0.1, -0.05) is 0 Å². The minimum absolute atomic E-state index is 0.00201. The number of ether oxygens (including phenoxy) is 4. The summed E-state index contributed by atoms with van der Waals surface area (Å²) in [6.07, 6.45) is 2.79. The molecule has 1 unspecified atom stereocenters. The molecule has 154 valence electrons. The van der Waals surface area contributed by atoms with Crippen molar-refractivity contribution in [3.63, 3.8) is 0 Å². The number of hydrogen-bond donors (Lipinski definition) is 0. The quantitative estimate of drug-likeness (QED) is 0.662. The first-order valence-corrected chi connectivity index (χ1v) is 9.66. The molecule has 0 N–H and O–H groups in total. The lowest BCUT2D eigenvalue weighted by Gasteiger charge is -2.35. The van der Waals surface area contributed by atoms with Gasteiger partial charge in [-0.25, -0.2) is 4.98 Å². The number of fused-ring (bicyclic) bond motifs is 1. The van der Waals surface area contributed by atoms with Crippen LogP contribution in [0.25, 0.3) is 0 Å². The van der Waals surface area contributed by atoms with Gasteiger partial charge in [-0.2, -0.15) is 0 Å². The van der Waals surface area contributed by atoms with Gasteiger partial charge in [0.25, 0.3) is 0 Å². The molecular formula is C21H25N3O5. The highest BCUT2D eigenvalue weighted by Crippen LogP contribution is 2.39. The molecule has 4 rings (SSSR count). The first-order chi connectivity index (χ1) is 14.2. The fraction of sp³-hybridized carbons (Fsp3) is 0.429. The molecule has 8 nitrogen and oxygen atoms in total. The van der Waals surface area contributed by atoms with Crippen LogP contribution in [0, 0.1) is 0 Å². The summed E-state index contributed by atoms with van der Waals surface area (Å²) in [5, 5.41) is 0. The van der Waals surface area contributed by atoms with Crippen molar-refractivity contribution >= 4 is 23.0 Å². The molecule has 1 amide bonds. The van der Waals surface area contributed by atoms with Crippen molar-refractivity contribution in [1.29, 1.82) is 0 Å². The van der Waals surface area contributed by atoms with Crippen LogP contribution >= 0.6 is 0 Å². The van der Waals surface area contributed by atoms with Crippen molar-refractivity contribution < 1.29 is 23.7 Å². The van der Waals surface area contributed by atoms with Crippen molar-refractivity contribution in [3.8, 4) is 11.6 Å². The molecule has 3 heterocycles. The van der Waals surface area contributed by atoms with E-state index in [-0.39, 0.29) is 18.6 Å². The zero-order valence-corrected chi connectivity index (χ0v) is 16.7. The first kappa shape index (κ1) is 19.5. The Bertz CT molecular complexity index is 852. The third-order valence-electron chi connectivity index (χ3n) is 5.11. The Morgan fingerprint density at radius 3 is 2.76 bits per heavy atom. The maximum Gasteiger partial charge on any atom is 0.246 e. The Labute approximate surface area is 169 Å². The van der Waals surface area contributed by atoms with Crippen molar-refractivity contribution in [1.82, 2.24) is 4.98 Å². The lowest BCUT2D eigenvalue weighted by atomic mass is 10.1. The highest BCUT2D eigenvalue weighted by atomic mass is 16.6. The van der Waals surface area contributed by atoms with E-state index in [0.717, 1.165) is 35.8 Å². The second-order valence-corrected chi connectivity index (χ2v) is 6.95. The van der Waals surface area contributed by atoms with Gasteiger partial charge in [0.2, 0.25) is 11.8 Å². The van der Waals surface area contributed by atoms with Gasteiger partial charge in [0.15, 0.2) is 0 Å². The molecule has 0 saturated carbocycles. The van der Waals surface area contributed by atoms with Crippen molar-refractivity contribution in [2.75, 3.05) is 56.9 Å². The van der Waals surface area contributed by atoms with Gasteiger partial charge in [-0.3, -0.25) is 4.79 Å². The van der Waals surface area contributed by atoms with E-state index >= 15 is 0 Å². The average molecular weight is 399 g/mol. The summed E-state index contributed by atoms with van der Waals surface area (Å²) in [7, 11) is 3.33. The van der Waals surface area contributed by atoms with E-state index in [1.54, 1.807) is 25.3 Å². The summed E-state index contributed by atoms with van der Waals surface area (Å²) in [5.74, 6) is 1.26. The van der Waals surface area contributed by atoms with Crippen LogP contribution in [0.4, 0.5) is 17.1 Å². The number of nitrogens with zero attached hydrogens (tertiary/aromatic N) is 3. The molecule has 0 spiro atoms. The number of carbonyl (C=O) groups is 1. The van der Waals surface area contributed by atoms with Crippen LogP contribution in [0.5, 0.6) is 11.6 Å². The monoisotopic (exact) mass is 399 g/mol. The Balaban J connectivity index is 1.43. The molecule has 2 aromatic rings. The van der Waals surface area contributed by atoms with Crippen molar-refractivity contribution in [2.45, 2.75) is 12.5 Å². The fourth-order valence-corrected chi connectivity index (χ4v) is 3.44. The number of hydrogen-bond acceptors (Lipinski definition) is 7. The van der Waals surface area contributed by atoms with Gasteiger partial charge in [0.05, 0.1) is 44.0 Å².